The fourth-order valence-corrected chi connectivity index (χ4v) is 3.22. The number of carbonyl (C=O) groups excluding carboxylic acids is 1. The smallest absolute Gasteiger partial charge is 0.409 e. The summed E-state index contributed by atoms with van der Waals surface area (Å²) in [5.41, 5.74) is 2.31. The number of rotatable bonds is 4. The quantitative estimate of drug-likeness (QED) is 0.937. The van der Waals surface area contributed by atoms with E-state index in [1.54, 1.807) is 17.4 Å². The number of hydrogen-bond acceptors (Lipinski definition) is 4. The number of amides is 1. The van der Waals surface area contributed by atoms with Crippen LogP contribution in [0.4, 0.5) is 4.79 Å². The van der Waals surface area contributed by atoms with Crippen molar-refractivity contribution in [3.63, 3.8) is 0 Å². The third-order valence-electron chi connectivity index (χ3n) is 4.51. The summed E-state index contributed by atoms with van der Waals surface area (Å²) < 4.78 is 6.83. The molecule has 6 nitrogen and oxygen atoms in total. The standard InChI is InChI=1S/C18H24N4O2/c1-14(20-16-6-4-9-21(12-16)18(23)24-2)15-5-3-7-17(11-15)22-10-8-19-13-22/h3,5,7-8,10-11,13-14,16,20H,4,6,9,12H2,1-2H3. The highest BCUT2D eigenvalue weighted by atomic mass is 16.5. The fraction of sp³-hybridized carbons (Fsp3) is 0.444. The maximum absolute atomic E-state index is 11.7. The van der Waals surface area contributed by atoms with Crippen LogP contribution in [-0.4, -0.2) is 46.8 Å². The minimum absolute atomic E-state index is 0.205. The van der Waals surface area contributed by atoms with Gasteiger partial charge in [0.05, 0.1) is 13.4 Å². The Balaban J connectivity index is 1.65. The molecule has 1 amide bonds. The molecule has 3 rings (SSSR count). The van der Waals surface area contributed by atoms with E-state index in [1.165, 1.54) is 12.7 Å². The highest BCUT2D eigenvalue weighted by Crippen LogP contribution is 2.20. The lowest BCUT2D eigenvalue weighted by atomic mass is 10.0. The molecule has 1 saturated heterocycles. The average molecular weight is 328 g/mol. The Bertz CT molecular complexity index is 671. The van der Waals surface area contributed by atoms with Gasteiger partial charge in [0.2, 0.25) is 0 Å². The Hall–Kier alpha value is -2.34. The van der Waals surface area contributed by atoms with Gasteiger partial charge in [-0.15, -0.1) is 0 Å². The molecule has 0 radical (unpaired) electrons. The highest BCUT2D eigenvalue weighted by Gasteiger charge is 2.25. The molecule has 1 aromatic heterocycles. The van der Waals surface area contributed by atoms with Gasteiger partial charge in [0.15, 0.2) is 0 Å². The summed E-state index contributed by atoms with van der Waals surface area (Å²) in [6.07, 6.45) is 7.33. The predicted molar refractivity (Wildman–Crippen MR) is 92.1 cm³/mol. The number of likely N-dealkylation sites (tertiary alicyclic amines) is 1. The van der Waals surface area contributed by atoms with E-state index in [-0.39, 0.29) is 18.2 Å². The number of nitrogens with one attached hydrogen (secondary N) is 1. The first-order valence-corrected chi connectivity index (χ1v) is 8.34. The van der Waals surface area contributed by atoms with Gasteiger partial charge >= 0.3 is 6.09 Å². The summed E-state index contributed by atoms with van der Waals surface area (Å²) in [7, 11) is 1.43. The highest BCUT2D eigenvalue weighted by molar-refractivity contribution is 5.67. The molecular formula is C18H24N4O2. The number of imidazole rings is 1. The zero-order valence-electron chi connectivity index (χ0n) is 14.2. The van der Waals surface area contributed by atoms with Crippen LogP contribution in [0.15, 0.2) is 43.0 Å². The third-order valence-corrected chi connectivity index (χ3v) is 4.51. The lowest BCUT2D eigenvalue weighted by molar-refractivity contribution is 0.106. The predicted octanol–water partition coefficient (Wildman–Crippen LogP) is 2.75. The maximum Gasteiger partial charge on any atom is 0.409 e. The van der Waals surface area contributed by atoms with E-state index < -0.39 is 0 Å². The van der Waals surface area contributed by atoms with Crippen molar-refractivity contribution < 1.29 is 9.53 Å². The van der Waals surface area contributed by atoms with Gasteiger partial charge in [-0.2, -0.15) is 0 Å². The van der Waals surface area contributed by atoms with Crippen LogP contribution in [-0.2, 0) is 4.74 Å². The molecule has 6 heteroatoms. The zero-order chi connectivity index (χ0) is 16.9. The van der Waals surface area contributed by atoms with Gasteiger partial charge in [0.25, 0.3) is 0 Å². The maximum atomic E-state index is 11.7. The second-order valence-corrected chi connectivity index (χ2v) is 6.21. The van der Waals surface area contributed by atoms with Gasteiger partial charge in [0.1, 0.15) is 0 Å². The Morgan fingerprint density at radius 1 is 1.46 bits per heavy atom. The Morgan fingerprint density at radius 2 is 2.33 bits per heavy atom. The van der Waals surface area contributed by atoms with Gasteiger partial charge in [-0.05, 0) is 37.5 Å². The largest absolute Gasteiger partial charge is 0.453 e. The van der Waals surface area contributed by atoms with Crippen molar-refractivity contribution in [1.29, 1.82) is 0 Å². The van der Waals surface area contributed by atoms with E-state index in [4.69, 9.17) is 4.74 Å². The lowest BCUT2D eigenvalue weighted by Gasteiger charge is -2.34. The van der Waals surface area contributed by atoms with E-state index in [0.717, 1.165) is 25.1 Å². The topological polar surface area (TPSA) is 59.4 Å². The van der Waals surface area contributed by atoms with Crippen molar-refractivity contribution in [2.45, 2.75) is 31.8 Å². The van der Waals surface area contributed by atoms with Gasteiger partial charge in [-0.3, -0.25) is 0 Å². The number of hydrogen-bond donors (Lipinski definition) is 1. The first-order chi connectivity index (χ1) is 11.7. The molecule has 1 aromatic carbocycles. The van der Waals surface area contributed by atoms with Gasteiger partial charge in [-0.1, -0.05) is 12.1 Å². The second kappa shape index (κ2) is 7.49. The molecule has 128 valence electrons. The van der Waals surface area contributed by atoms with Crippen LogP contribution >= 0.6 is 0 Å². The first kappa shape index (κ1) is 16.5. The normalized spacial score (nSPS) is 19.1. The van der Waals surface area contributed by atoms with Crippen LogP contribution < -0.4 is 5.32 Å². The zero-order valence-corrected chi connectivity index (χ0v) is 14.2. The van der Waals surface area contributed by atoms with Crippen molar-refractivity contribution in [1.82, 2.24) is 19.8 Å². The number of benzene rings is 1. The van der Waals surface area contributed by atoms with Crippen LogP contribution in [0.1, 0.15) is 31.4 Å². The van der Waals surface area contributed by atoms with Crippen molar-refractivity contribution in [2.24, 2.45) is 0 Å². The van der Waals surface area contributed by atoms with Crippen LogP contribution in [0.25, 0.3) is 5.69 Å². The molecule has 2 heterocycles. The molecule has 1 fully saturated rings. The van der Waals surface area contributed by atoms with E-state index in [9.17, 15) is 4.79 Å². The van der Waals surface area contributed by atoms with Gasteiger partial charge in [-0.25, -0.2) is 9.78 Å². The number of carbonyl (C=O) groups is 1. The fourth-order valence-electron chi connectivity index (χ4n) is 3.22. The molecular weight excluding hydrogens is 304 g/mol. The third kappa shape index (κ3) is 3.76. The summed E-state index contributed by atoms with van der Waals surface area (Å²) in [5.74, 6) is 0. The molecule has 2 atom stereocenters. The minimum Gasteiger partial charge on any atom is -0.453 e. The summed E-state index contributed by atoms with van der Waals surface area (Å²) in [6, 6.07) is 8.90. The van der Waals surface area contributed by atoms with Gasteiger partial charge < -0.3 is 19.5 Å². The number of methoxy groups -OCH3 is 1. The number of nitrogens with zero attached hydrogens (tertiary/aromatic N) is 3. The minimum atomic E-state index is -0.240. The van der Waals surface area contributed by atoms with E-state index in [0.29, 0.717) is 6.54 Å². The summed E-state index contributed by atoms with van der Waals surface area (Å²) in [4.78, 5) is 17.6. The molecule has 0 saturated carbocycles. The monoisotopic (exact) mass is 328 g/mol. The van der Waals surface area contributed by atoms with E-state index in [1.807, 2.05) is 10.8 Å². The van der Waals surface area contributed by atoms with Crippen LogP contribution in [0, 0.1) is 0 Å². The number of piperidine rings is 1. The number of aromatic nitrogens is 2. The number of ether oxygens (including phenoxy) is 1. The Morgan fingerprint density at radius 3 is 3.08 bits per heavy atom. The second-order valence-electron chi connectivity index (χ2n) is 6.21. The summed E-state index contributed by atoms with van der Waals surface area (Å²) in [5, 5.41) is 3.64. The molecule has 1 N–H and O–H groups in total. The van der Waals surface area contributed by atoms with E-state index in [2.05, 4.69) is 41.5 Å². The van der Waals surface area contributed by atoms with Crippen molar-refractivity contribution in [2.75, 3.05) is 20.2 Å². The Kier molecular flexibility index (Phi) is 5.15. The Labute approximate surface area is 142 Å². The molecule has 1 aliphatic heterocycles. The van der Waals surface area contributed by atoms with Crippen LogP contribution in [0.5, 0.6) is 0 Å². The molecule has 2 unspecified atom stereocenters. The molecule has 2 aromatic rings. The molecule has 0 spiro atoms. The average Bonchev–Trinajstić information content (AvgIpc) is 3.16. The SMILES string of the molecule is COC(=O)N1CCCC(NC(C)c2cccc(-n3ccnc3)c2)C1. The van der Waals surface area contributed by atoms with Crippen molar-refractivity contribution in [3.8, 4) is 5.69 Å². The lowest BCUT2D eigenvalue weighted by Crippen LogP contribution is -2.48. The molecule has 0 aliphatic carbocycles. The first-order valence-electron chi connectivity index (χ1n) is 8.34. The molecule has 24 heavy (non-hydrogen) atoms. The molecule has 1 aliphatic rings. The van der Waals surface area contributed by atoms with Crippen molar-refractivity contribution >= 4 is 6.09 Å². The van der Waals surface area contributed by atoms with Crippen molar-refractivity contribution in [3.05, 3.63) is 48.5 Å². The van der Waals surface area contributed by atoms with Crippen LogP contribution in [0.3, 0.4) is 0 Å². The summed E-state index contributed by atoms with van der Waals surface area (Å²) in [6.45, 7) is 3.62. The summed E-state index contributed by atoms with van der Waals surface area (Å²) >= 11 is 0. The van der Waals surface area contributed by atoms with Gasteiger partial charge in [0, 0.05) is 43.3 Å². The van der Waals surface area contributed by atoms with Crippen LogP contribution in [0.2, 0.25) is 0 Å². The molecule has 0 bridgehead atoms. The van der Waals surface area contributed by atoms with E-state index >= 15 is 0 Å².